The van der Waals surface area contributed by atoms with E-state index < -0.39 is 6.10 Å². The van der Waals surface area contributed by atoms with Gasteiger partial charge in [-0.2, -0.15) is 11.8 Å². The van der Waals surface area contributed by atoms with E-state index in [0.29, 0.717) is 6.61 Å². The second kappa shape index (κ2) is 6.40. The number of aliphatic hydroxyl groups is 1. The van der Waals surface area contributed by atoms with Crippen LogP contribution >= 0.6 is 27.7 Å². The van der Waals surface area contributed by atoms with Crippen molar-refractivity contribution in [2.24, 2.45) is 0 Å². The van der Waals surface area contributed by atoms with E-state index in [2.05, 4.69) is 15.9 Å². The van der Waals surface area contributed by atoms with E-state index in [4.69, 9.17) is 4.74 Å². The van der Waals surface area contributed by atoms with Crippen molar-refractivity contribution >= 4 is 27.7 Å². The van der Waals surface area contributed by atoms with Gasteiger partial charge in [0.15, 0.2) is 0 Å². The monoisotopic (exact) mass is 290 g/mol. The summed E-state index contributed by atoms with van der Waals surface area (Å²) in [4.78, 5) is 0. The second-order valence-corrected chi connectivity index (χ2v) is 5.10. The lowest BCUT2D eigenvalue weighted by atomic mass is 10.1. The Morgan fingerprint density at radius 2 is 2.27 bits per heavy atom. The van der Waals surface area contributed by atoms with Crippen LogP contribution in [0.1, 0.15) is 18.6 Å². The number of hydrogen-bond acceptors (Lipinski definition) is 3. The average Bonchev–Trinajstić information content (AvgIpc) is 2.20. The predicted molar refractivity (Wildman–Crippen MR) is 68.7 cm³/mol. The standard InChI is InChI=1S/C11H15BrO2S/c1-8(13)10-7-9(12)3-4-11(10)14-5-6-15-2/h3-4,7-8,13H,5-6H2,1-2H3/t8-/m1/s1. The number of halogens is 1. The number of benzene rings is 1. The lowest BCUT2D eigenvalue weighted by Crippen LogP contribution is -2.03. The normalized spacial score (nSPS) is 12.5. The molecule has 0 heterocycles. The summed E-state index contributed by atoms with van der Waals surface area (Å²) in [5.74, 6) is 1.72. The molecule has 0 fully saturated rings. The molecule has 0 aliphatic carbocycles. The lowest BCUT2D eigenvalue weighted by Gasteiger charge is -2.13. The van der Waals surface area contributed by atoms with Gasteiger partial charge in [-0.05, 0) is 31.4 Å². The van der Waals surface area contributed by atoms with Gasteiger partial charge in [0.1, 0.15) is 5.75 Å². The molecule has 0 radical (unpaired) electrons. The van der Waals surface area contributed by atoms with E-state index in [1.807, 2.05) is 24.5 Å². The third-order valence-electron chi connectivity index (χ3n) is 1.97. The zero-order valence-electron chi connectivity index (χ0n) is 8.87. The van der Waals surface area contributed by atoms with Crippen LogP contribution in [0, 0.1) is 0 Å². The molecule has 0 saturated heterocycles. The molecule has 2 nitrogen and oxygen atoms in total. The maximum absolute atomic E-state index is 9.58. The second-order valence-electron chi connectivity index (χ2n) is 3.20. The summed E-state index contributed by atoms with van der Waals surface area (Å²) in [6, 6.07) is 5.69. The van der Waals surface area contributed by atoms with Crippen molar-refractivity contribution < 1.29 is 9.84 Å². The van der Waals surface area contributed by atoms with Gasteiger partial charge in [0.25, 0.3) is 0 Å². The minimum Gasteiger partial charge on any atom is -0.492 e. The van der Waals surface area contributed by atoms with Gasteiger partial charge in [-0.25, -0.2) is 0 Å². The highest BCUT2D eigenvalue weighted by Crippen LogP contribution is 2.28. The maximum Gasteiger partial charge on any atom is 0.125 e. The van der Waals surface area contributed by atoms with Crippen molar-refractivity contribution in [3.8, 4) is 5.75 Å². The Bertz CT molecular complexity index is 315. The molecule has 15 heavy (non-hydrogen) atoms. The highest BCUT2D eigenvalue weighted by atomic mass is 79.9. The summed E-state index contributed by atoms with van der Waals surface area (Å²) < 4.78 is 6.55. The van der Waals surface area contributed by atoms with Gasteiger partial charge in [-0.1, -0.05) is 15.9 Å². The number of thioether (sulfide) groups is 1. The SMILES string of the molecule is CSCCOc1ccc(Br)cc1[C@@H](C)O. The zero-order chi connectivity index (χ0) is 11.3. The van der Waals surface area contributed by atoms with Gasteiger partial charge in [0.05, 0.1) is 12.7 Å². The zero-order valence-corrected chi connectivity index (χ0v) is 11.3. The summed E-state index contributed by atoms with van der Waals surface area (Å²) in [5, 5.41) is 9.58. The van der Waals surface area contributed by atoms with Crippen molar-refractivity contribution in [2.45, 2.75) is 13.0 Å². The molecular weight excluding hydrogens is 276 g/mol. The van der Waals surface area contributed by atoms with Crippen LogP contribution in [-0.2, 0) is 0 Å². The van der Waals surface area contributed by atoms with Crippen molar-refractivity contribution in [3.63, 3.8) is 0 Å². The summed E-state index contributed by atoms with van der Waals surface area (Å²) in [6.07, 6.45) is 1.53. The van der Waals surface area contributed by atoms with E-state index in [0.717, 1.165) is 21.5 Å². The first kappa shape index (κ1) is 12.9. The van der Waals surface area contributed by atoms with Crippen molar-refractivity contribution in [3.05, 3.63) is 28.2 Å². The Balaban J connectivity index is 2.77. The van der Waals surface area contributed by atoms with E-state index in [1.54, 1.807) is 18.7 Å². The van der Waals surface area contributed by atoms with Crippen LogP contribution in [0.2, 0.25) is 0 Å². The van der Waals surface area contributed by atoms with Gasteiger partial charge in [0.2, 0.25) is 0 Å². The summed E-state index contributed by atoms with van der Waals surface area (Å²) in [6.45, 7) is 2.41. The minimum atomic E-state index is -0.508. The van der Waals surface area contributed by atoms with Crippen LogP contribution in [0.25, 0.3) is 0 Å². The lowest BCUT2D eigenvalue weighted by molar-refractivity contribution is 0.192. The summed E-state index contributed by atoms with van der Waals surface area (Å²) in [5.41, 5.74) is 0.825. The van der Waals surface area contributed by atoms with Crippen molar-refractivity contribution in [1.29, 1.82) is 0 Å². The highest BCUT2D eigenvalue weighted by molar-refractivity contribution is 9.10. The molecule has 1 aromatic carbocycles. The van der Waals surface area contributed by atoms with Crippen LogP contribution in [0.5, 0.6) is 5.75 Å². The maximum atomic E-state index is 9.58. The van der Waals surface area contributed by atoms with Gasteiger partial charge in [0, 0.05) is 15.8 Å². The molecular formula is C11H15BrO2S. The Morgan fingerprint density at radius 3 is 2.87 bits per heavy atom. The number of aliphatic hydroxyl groups excluding tert-OH is 1. The van der Waals surface area contributed by atoms with Gasteiger partial charge in [-0.3, -0.25) is 0 Å². The molecule has 0 aliphatic rings. The number of ether oxygens (including phenoxy) is 1. The van der Waals surface area contributed by atoms with Crippen LogP contribution in [0.4, 0.5) is 0 Å². The molecule has 0 saturated carbocycles. The van der Waals surface area contributed by atoms with Crippen molar-refractivity contribution in [2.75, 3.05) is 18.6 Å². The molecule has 1 aromatic rings. The predicted octanol–water partition coefficient (Wildman–Crippen LogP) is 3.24. The third kappa shape index (κ3) is 4.05. The first-order valence-corrected chi connectivity index (χ1v) is 6.93. The molecule has 1 rings (SSSR count). The Hall–Kier alpha value is -0.190. The molecule has 0 aromatic heterocycles. The highest BCUT2D eigenvalue weighted by Gasteiger charge is 2.09. The first-order chi connectivity index (χ1) is 7.15. The fourth-order valence-corrected chi connectivity index (χ4v) is 1.84. The van der Waals surface area contributed by atoms with Gasteiger partial charge >= 0.3 is 0 Å². The molecule has 0 amide bonds. The molecule has 0 unspecified atom stereocenters. The fraction of sp³-hybridized carbons (Fsp3) is 0.455. The first-order valence-electron chi connectivity index (χ1n) is 4.74. The van der Waals surface area contributed by atoms with E-state index >= 15 is 0 Å². The summed E-state index contributed by atoms with van der Waals surface area (Å²) in [7, 11) is 0. The van der Waals surface area contributed by atoms with E-state index in [-0.39, 0.29) is 0 Å². The largest absolute Gasteiger partial charge is 0.492 e. The minimum absolute atomic E-state index is 0.508. The molecule has 1 N–H and O–H groups in total. The molecule has 0 bridgehead atoms. The topological polar surface area (TPSA) is 29.5 Å². The molecule has 1 atom stereocenters. The van der Waals surface area contributed by atoms with Gasteiger partial charge < -0.3 is 9.84 Å². The van der Waals surface area contributed by atoms with Crippen molar-refractivity contribution in [1.82, 2.24) is 0 Å². The average molecular weight is 291 g/mol. The summed E-state index contributed by atoms with van der Waals surface area (Å²) >= 11 is 5.12. The van der Waals surface area contributed by atoms with Gasteiger partial charge in [-0.15, -0.1) is 0 Å². The van der Waals surface area contributed by atoms with E-state index in [9.17, 15) is 5.11 Å². The van der Waals surface area contributed by atoms with E-state index in [1.165, 1.54) is 0 Å². The fourth-order valence-electron chi connectivity index (χ4n) is 1.21. The molecule has 0 spiro atoms. The smallest absolute Gasteiger partial charge is 0.125 e. The quantitative estimate of drug-likeness (QED) is 0.844. The Morgan fingerprint density at radius 1 is 1.53 bits per heavy atom. The molecule has 84 valence electrons. The molecule has 0 aliphatic heterocycles. The van der Waals surface area contributed by atoms with Crippen LogP contribution in [0.15, 0.2) is 22.7 Å². The van der Waals surface area contributed by atoms with Crippen LogP contribution < -0.4 is 4.74 Å². The number of hydrogen-bond donors (Lipinski definition) is 1. The van der Waals surface area contributed by atoms with Crippen LogP contribution in [0.3, 0.4) is 0 Å². The third-order valence-corrected chi connectivity index (χ3v) is 3.04. The molecule has 4 heteroatoms. The number of rotatable bonds is 5. The van der Waals surface area contributed by atoms with Crippen LogP contribution in [-0.4, -0.2) is 23.7 Å². The Labute approximate surface area is 103 Å². The Kier molecular flexibility index (Phi) is 5.50.